The zero-order valence-corrected chi connectivity index (χ0v) is 13.8. The molecular formula is C15H25N5O2. The van der Waals surface area contributed by atoms with Gasteiger partial charge in [0.2, 0.25) is 11.8 Å². The molecule has 0 aliphatic carbocycles. The lowest BCUT2D eigenvalue weighted by atomic mass is 9.96. The number of aromatic nitrogens is 2. The van der Waals surface area contributed by atoms with Gasteiger partial charge in [0.15, 0.2) is 0 Å². The SMILES string of the molecule is CNC(=O)C1CCN(CC(=O)Nc2c(C)nn(C)c2C)CC1. The molecule has 22 heavy (non-hydrogen) atoms. The zero-order valence-electron chi connectivity index (χ0n) is 13.8. The molecule has 2 rings (SSSR count). The van der Waals surface area contributed by atoms with Crippen LogP contribution in [0.4, 0.5) is 5.69 Å². The van der Waals surface area contributed by atoms with Gasteiger partial charge in [0.25, 0.3) is 0 Å². The summed E-state index contributed by atoms with van der Waals surface area (Å²) >= 11 is 0. The molecule has 0 spiro atoms. The van der Waals surface area contributed by atoms with E-state index in [1.807, 2.05) is 20.9 Å². The maximum atomic E-state index is 12.2. The fraction of sp³-hybridized carbons (Fsp3) is 0.667. The molecular weight excluding hydrogens is 282 g/mol. The van der Waals surface area contributed by atoms with Crippen LogP contribution in [-0.2, 0) is 16.6 Å². The highest BCUT2D eigenvalue weighted by molar-refractivity contribution is 5.93. The first-order chi connectivity index (χ1) is 10.4. The predicted molar refractivity (Wildman–Crippen MR) is 84.5 cm³/mol. The van der Waals surface area contributed by atoms with E-state index in [2.05, 4.69) is 20.6 Å². The molecule has 2 heterocycles. The molecule has 1 aliphatic heterocycles. The lowest BCUT2D eigenvalue weighted by molar-refractivity contribution is -0.126. The molecule has 0 saturated carbocycles. The van der Waals surface area contributed by atoms with Crippen molar-refractivity contribution in [3.63, 3.8) is 0 Å². The zero-order chi connectivity index (χ0) is 16.3. The average molecular weight is 307 g/mol. The van der Waals surface area contributed by atoms with Crippen LogP contribution in [0.25, 0.3) is 0 Å². The van der Waals surface area contributed by atoms with Gasteiger partial charge in [-0.2, -0.15) is 5.10 Å². The number of anilines is 1. The molecule has 1 fully saturated rings. The van der Waals surface area contributed by atoms with Crippen molar-refractivity contribution in [2.24, 2.45) is 13.0 Å². The predicted octanol–water partition coefficient (Wildman–Crippen LogP) is 0.433. The first-order valence-electron chi connectivity index (χ1n) is 7.66. The highest BCUT2D eigenvalue weighted by Gasteiger charge is 2.25. The average Bonchev–Trinajstić information content (AvgIpc) is 2.73. The van der Waals surface area contributed by atoms with Crippen LogP contribution in [-0.4, -0.2) is 53.2 Å². The summed E-state index contributed by atoms with van der Waals surface area (Å²) < 4.78 is 1.76. The molecule has 7 nitrogen and oxygen atoms in total. The number of carbonyl (C=O) groups excluding carboxylic acids is 2. The Labute approximate surface area is 131 Å². The Morgan fingerprint density at radius 3 is 2.41 bits per heavy atom. The Balaban J connectivity index is 1.85. The molecule has 2 N–H and O–H groups in total. The van der Waals surface area contributed by atoms with Gasteiger partial charge >= 0.3 is 0 Å². The summed E-state index contributed by atoms with van der Waals surface area (Å²) in [7, 11) is 3.53. The van der Waals surface area contributed by atoms with E-state index in [0.29, 0.717) is 6.54 Å². The third kappa shape index (κ3) is 3.65. The van der Waals surface area contributed by atoms with Gasteiger partial charge in [-0.15, -0.1) is 0 Å². The van der Waals surface area contributed by atoms with E-state index in [0.717, 1.165) is 43.0 Å². The second kappa shape index (κ2) is 6.91. The Bertz CT molecular complexity index is 559. The Kier molecular flexibility index (Phi) is 5.18. The topological polar surface area (TPSA) is 79.3 Å². The van der Waals surface area contributed by atoms with Gasteiger partial charge in [-0.25, -0.2) is 0 Å². The minimum Gasteiger partial charge on any atom is -0.359 e. The van der Waals surface area contributed by atoms with E-state index in [-0.39, 0.29) is 17.7 Å². The largest absolute Gasteiger partial charge is 0.359 e. The van der Waals surface area contributed by atoms with Crippen LogP contribution in [0.5, 0.6) is 0 Å². The van der Waals surface area contributed by atoms with Gasteiger partial charge in [-0.3, -0.25) is 19.2 Å². The summed E-state index contributed by atoms with van der Waals surface area (Å²) in [6.07, 6.45) is 1.61. The molecule has 1 aromatic heterocycles. The fourth-order valence-corrected chi connectivity index (χ4v) is 2.89. The second-order valence-corrected chi connectivity index (χ2v) is 5.88. The van der Waals surface area contributed by atoms with E-state index < -0.39 is 0 Å². The minimum atomic E-state index is -0.0300. The fourth-order valence-electron chi connectivity index (χ4n) is 2.89. The number of rotatable bonds is 4. The summed E-state index contributed by atoms with van der Waals surface area (Å²) in [5.41, 5.74) is 2.57. The van der Waals surface area contributed by atoms with Crippen molar-refractivity contribution in [1.82, 2.24) is 20.0 Å². The maximum Gasteiger partial charge on any atom is 0.238 e. The van der Waals surface area contributed by atoms with E-state index in [9.17, 15) is 9.59 Å². The van der Waals surface area contributed by atoms with E-state index in [1.165, 1.54) is 0 Å². The highest BCUT2D eigenvalue weighted by atomic mass is 16.2. The summed E-state index contributed by atoms with van der Waals surface area (Å²) in [5, 5.41) is 9.93. The summed E-state index contributed by atoms with van der Waals surface area (Å²) in [6.45, 7) is 5.73. The van der Waals surface area contributed by atoms with Crippen LogP contribution in [0.3, 0.4) is 0 Å². The second-order valence-electron chi connectivity index (χ2n) is 5.88. The van der Waals surface area contributed by atoms with Crippen molar-refractivity contribution in [3.8, 4) is 0 Å². The number of aryl methyl sites for hydroxylation is 2. The first kappa shape index (κ1) is 16.5. The van der Waals surface area contributed by atoms with E-state index >= 15 is 0 Å². The number of hydrogen-bond acceptors (Lipinski definition) is 4. The number of piperidine rings is 1. The van der Waals surface area contributed by atoms with Crippen molar-refractivity contribution in [1.29, 1.82) is 0 Å². The number of amides is 2. The van der Waals surface area contributed by atoms with Gasteiger partial charge in [0, 0.05) is 20.0 Å². The molecule has 0 bridgehead atoms. The lowest BCUT2D eigenvalue weighted by Crippen LogP contribution is -2.42. The van der Waals surface area contributed by atoms with Crippen molar-refractivity contribution in [3.05, 3.63) is 11.4 Å². The molecule has 0 aromatic carbocycles. The lowest BCUT2D eigenvalue weighted by Gasteiger charge is -2.30. The number of likely N-dealkylation sites (tertiary alicyclic amines) is 1. The van der Waals surface area contributed by atoms with Gasteiger partial charge in [0.1, 0.15) is 0 Å². The first-order valence-corrected chi connectivity index (χ1v) is 7.66. The highest BCUT2D eigenvalue weighted by Crippen LogP contribution is 2.19. The van der Waals surface area contributed by atoms with Crippen LogP contribution in [0.15, 0.2) is 0 Å². The van der Waals surface area contributed by atoms with E-state index in [1.54, 1.807) is 11.7 Å². The number of nitrogens with one attached hydrogen (secondary N) is 2. The molecule has 0 unspecified atom stereocenters. The quantitative estimate of drug-likeness (QED) is 0.845. The van der Waals surface area contributed by atoms with Crippen molar-refractivity contribution in [2.45, 2.75) is 26.7 Å². The van der Waals surface area contributed by atoms with Crippen LogP contribution in [0, 0.1) is 19.8 Å². The molecule has 0 atom stereocenters. The normalized spacial score (nSPS) is 16.5. The van der Waals surface area contributed by atoms with Gasteiger partial charge in [-0.05, 0) is 39.8 Å². The van der Waals surface area contributed by atoms with Gasteiger partial charge < -0.3 is 10.6 Å². The minimum absolute atomic E-state index is 0.0300. The smallest absolute Gasteiger partial charge is 0.238 e. The van der Waals surface area contributed by atoms with Crippen LogP contribution >= 0.6 is 0 Å². The maximum absolute atomic E-state index is 12.2. The monoisotopic (exact) mass is 307 g/mol. The Morgan fingerprint density at radius 1 is 1.27 bits per heavy atom. The van der Waals surface area contributed by atoms with E-state index in [4.69, 9.17) is 0 Å². The van der Waals surface area contributed by atoms with Crippen molar-refractivity contribution >= 4 is 17.5 Å². The molecule has 122 valence electrons. The van der Waals surface area contributed by atoms with Crippen LogP contribution in [0.2, 0.25) is 0 Å². The van der Waals surface area contributed by atoms with Crippen LogP contribution in [0.1, 0.15) is 24.2 Å². The molecule has 1 saturated heterocycles. The van der Waals surface area contributed by atoms with Gasteiger partial charge in [-0.1, -0.05) is 0 Å². The van der Waals surface area contributed by atoms with Crippen molar-refractivity contribution in [2.75, 3.05) is 32.0 Å². The Hall–Kier alpha value is -1.89. The third-order valence-corrected chi connectivity index (χ3v) is 4.35. The van der Waals surface area contributed by atoms with Crippen LogP contribution < -0.4 is 10.6 Å². The molecule has 2 amide bonds. The number of carbonyl (C=O) groups is 2. The molecule has 0 radical (unpaired) electrons. The summed E-state index contributed by atoms with van der Waals surface area (Å²) in [4.78, 5) is 25.9. The van der Waals surface area contributed by atoms with Gasteiger partial charge in [0.05, 0.1) is 23.6 Å². The summed E-state index contributed by atoms with van der Waals surface area (Å²) in [6, 6.07) is 0. The number of nitrogens with zero attached hydrogens (tertiary/aromatic N) is 3. The standard InChI is InChI=1S/C15H25N5O2/c1-10-14(11(2)19(4)18-10)17-13(21)9-20-7-5-12(6-8-20)15(22)16-3/h12H,5-9H2,1-4H3,(H,16,22)(H,17,21). The third-order valence-electron chi connectivity index (χ3n) is 4.35. The number of hydrogen-bond donors (Lipinski definition) is 2. The summed E-state index contributed by atoms with van der Waals surface area (Å²) in [5.74, 6) is 0.149. The Morgan fingerprint density at radius 2 is 1.91 bits per heavy atom. The van der Waals surface area contributed by atoms with Crippen molar-refractivity contribution < 1.29 is 9.59 Å². The molecule has 1 aliphatic rings. The molecule has 1 aromatic rings. The molecule has 7 heteroatoms.